The Bertz CT molecular complexity index is 742. The second kappa shape index (κ2) is 5.28. The van der Waals surface area contributed by atoms with Crippen LogP contribution in [0.15, 0.2) is 12.1 Å². The first-order chi connectivity index (χ1) is 9.77. The van der Waals surface area contributed by atoms with Crippen molar-refractivity contribution in [2.75, 3.05) is 0 Å². The first kappa shape index (κ1) is 15.2. The quantitative estimate of drug-likeness (QED) is 0.853. The molecule has 2 rings (SSSR count). The molecule has 0 aliphatic carbocycles. The number of benzene rings is 1. The van der Waals surface area contributed by atoms with Gasteiger partial charge in [0.2, 0.25) is 0 Å². The monoisotopic (exact) mass is 330 g/mol. The highest BCUT2D eigenvalue weighted by atomic mass is 35.5. The minimum Gasteiger partial charge on any atom is -0.329 e. The Balaban J connectivity index is 2.64. The van der Waals surface area contributed by atoms with Crippen LogP contribution >= 0.6 is 23.2 Å². The molecule has 4 nitrogen and oxygen atoms in total. The largest absolute Gasteiger partial charge is 0.416 e. The summed E-state index contributed by atoms with van der Waals surface area (Å²) in [7, 11) is 0. The highest BCUT2D eigenvalue weighted by Gasteiger charge is 2.32. The number of imidazole rings is 1. The Hall–Kier alpha value is -2.22. The summed E-state index contributed by atoms with van der Waals surface area (Å²) < 4.78 is 37.9. The number of hydrogen-bond donors (Lipinski definition) is 1. The maximum Gasteiger partial charge on any atom is 0.416 e. The molecule has 0 atom stereocenters. The van der Waals surface area contributed by atoms with Crippen LogP contribution in [0.3, 0.4) is 0 Å². The van der Waals surface area contributed by atoms with Crippen molar-refractivity contribution in [2.24, 2.45) is 0 Å². The predicted octanol–water partition coefficient (Wildman–Crippen LogP) is 4.15. The van der Waals surface area contributed by atoms with Gasteiger partial charge >= 0.3 is 6.18 Å². The molecule has 0 radical (unpaired) electrons. The number of nitrogens with zero attached hydrogens (tertiary/aromatic N) is 3. The summed E-state index contributed by atoms with van der Waals surface area (Å²) in [6.45, 7) is 0. The molecule has 21 heavy (non-hydrogen) atoms. The summed E-state index contributed by atoms with van der Waals surface area (Å²) in [5, 5.41) is 17.0. The van der Waals surface area contributed by atoms with E-state index in [9.17, 15) is 13.2 Å². The molecule has 0 spiro atoms. The fourth-order valence-electron chi connectivity index (χ4n) is 1.62. The molecule has 106 valence electrons. The van der Waals surface area contributed by atoms with Gasteiger partial charge in [-0.05, 0) is 12.1 Å². The number of alkyl halides is 3. The Morgan fingerprint density at radius 1 is 1.10 bits per heavy atom. The third kappa shape index (κ3) is 2.80. The van der Waals surface area contributed by atoms with Crippen LogP contribution in [0.5, 0.6) is 0 Å². The standard InChI is InChI=1S/C12H3Cl2F3N4/c13-6-1-5(12(15,16)17)2-7(14)10(6)11-20-8(3-18)9(4-19)21-11/h1-2H,(H,20,21). The van der Waals surface area contributed by atoms with Crippen molar-refractivity contribution in [2.45, 2.75) is 6.18 Å². The number of H-pyrrole nitrogens is 1. The van der Waals surface area contributed by atoms with Gasteiger partial charge in [0.1, 0.15) is 18.0 Å². The molecule has 0 unspecified atom stereocenters. The maximum absolute atomic E-state index is 12.6. The van der Waals surface area contributed by atoms with Gasteiger partial charge in [-0.2, -0.15) is 23.7 Å². The lowest BCUT2D eigenvalue weighted by atomic mass is 10.1. The molecule has 0 fully saturated rings. The lowest BCUT2D eigenvalue weighted by Crippen LogP contribution is -2.05. The molecule has 0 bridgehead atoms. The Morgan fingerprint density at radius 2 is 1.67 bits per heavy atom. The van der Waals surface area contributed by atoms with E-state index < -0.39 is 11.7 Å². The van der Waals surface area contributed by atoms with E-state index in [1.807, 2.05) is 0 Å². The zero-order valence-electron chi connectivity index (χ0n) is 9.89. The molecule has 1 N–H and O–H groups in total. The molecular weight excluding hydrogens is 328 g/mol. The number of nitrogens with one attached hydrogen (secondary N) is 1. The predicted molar refractivity (Wildman–Crippen MR) is 68.5 cm³/mol. The van der Waals surface area contributed by atoms with Crippen LogP contribution in [0.2, 0.25) is 10.0 Å². The first-order valence-corrected chi connectivity index (χ1v) is 6.00. The van der Waals surface area contributed by atoms with E-state index in [1.54, 1.807) is 12.1 Å². The van der Waals surface area contributed by atoms with E-state index in [0.29, 0.717) is 12.1 Å². The molecule has 0 saturated heterocycles. The zero-order chi connectivity index (χ0) is 15.8. The van der Waals surface area contributed by atoms with Crippen LogP contribution in [0, 0.1) is 22.7 Å². The number of hydrogen-bond acceptors (Lipinski definition) is 3. The van der Waals surface area contributed by atoms with Gasteiger partial charge in [-0.15, -0.1) is 0 Å². The SMILES string of the molecule is N#Cc1nc(-c2c(Cl)cc(C(F)(F)F)cc2Cl)[nH]c1C#N. The highest BCUT2D eigenvalue weighted by Crippen LogP contribution is 2.39. The normalized spacial score (nSPS) is 11.0. The minimum atomic E-state index is -4.59. The van der Waals surface area contributed by atoms with Gasteiger partial charge in [-0.1, -0.05) is 23.2 Å². The molecule has 0 amide bonds. The average Bonchev–Trinajstić information content (AvgIpc) is 2.79. The van der Waals surface area contributed by atoms with Gasteiger partial charge < -0.3 is 4.98 Å². The van der Waals surface area contributed by atoms with E-state index >= 15 is 0 Å². The molecule has 1 aromatic heterocycles. The van der Waals surface area contributed by atoms with Crippen molar-refractivity contribution < 1.29 is 13.2 Å². The van der Waals surface area contributed by atoms with Crippen LogP contribution in [-0.2, 0) is 6.18 Å². The summed E-state index contributed by atoms with van der Waals surface area (Å²) in [6.07, 6.45) is -4.59. The summed E-state index contributed by atoms with van der Waals surface area (Å²) in [4.78, 5) is 6.29. The Kier molecular flexibility index (Phi) is 3.82. The van der Waals surface area contributed by atoms with E-state index in [2.05, 4.69) is 9.97 Å². The van der Waals surface area contributed by atoms with Crippen LogP contribution in [-0.4, -0.2) is 9.97 Å². The second-order valence-corrected chi connectivity index (χ2v) is 4.66. The number of nitriles is 2. The second-order valence-electron chi connectivity index (χ2n) is 3.85. The van der Waals surface area contributed by atoms with E-state index in [-0.39, 0.29) is 32.8 Å². The first-order valence-electron chi connectivity index (χ1n) is 5.24. The van der Waals surface area contributed by atoms with Crippen molar-refractivity contribution >= 4 is 23.2 Å². The smallest absolute Gasteiger partial charge is 0.329 e. The highest BCUT2D eigenvalue weighted by molar-refractivity contribution is 6.39. The fraction of sp³-hybridized carbons (Fsp3) is 0.0833. The van der Waals surface area contributed by atoms with Gasteiger partial charge in [-0.3, -0.25) is 0 Å². The van der Waals surface area contributed by atoms with Crippen molar-refractivity contribution in [1.29, 1.82) is 10.5 Å². The lowest BCUT2D eigenvalue weighted by molar-refractivity contribution is -0.137. The zero-order valence-corrected chi connectivity index (χ0v) is 11.4. The van der Waals surface area contributed by atoms with Gasteiger partial charge in [-0.25, -0.2) is 4.98 Å². The third-order valence-electron chi connectivity index (χ3n) is 2.53. The maximum atomic E-state index is 12.6. The molecule has 9 heteroatoms. The minimum absolute atomic E-state index is 0.00988. The van der Waals surface area contributed by atoms with Crippen LogP contribution in [0.1, 0.15) is 17.0 Å². The number of halogens is 5. The number of aromatic amines is 1. The van der Waals surface area contributed by atoms with Gasteiger partial charge in [0.05, 0.1) is 21.2 Å². The third-order valence-corrected chi connectivity index (χ3v) is 3.12. The summed E-state index contributed by atoms with van der Waals surface area (Å²) in [5.41, 5.74) is -1.34. The molecule has 0 aliphatic heterocycles. The van der Waals surface area contributed by atoms with E-state index in [4.69, 9.17) is 33.7 Å². The molecule has 2 aromatic rings. The van der Waals surface area contributed by atoms with E-state index in [1.165, 1.54) is 0 Å². The van der Waals surface area contributed by atoms with Crippen LogP contribution in [0.4, 0.5) is 13.2 Å². The van der Waals surface area contributed by atoms with Gasteiger partial charge in [0.15, 0.2) is 11.4 Å². The lowest BCUT2D eigenvalue weighted by Gasteiger charge is -2.10. The molecule has 1 heterocycles. The van der Waals surface area contributed by atoms with Gasteiger partial charge in [0, 0.05) is 0 Å². The molecule has 1 aromatic carbocycles. The summed E-state index contributed by atoms with van der Waals surface area (Å²) >= 11 is 11.6. The average molecular weight is 331 g/mol. The van der Waals surface area contributed by atoms with Crippen LogP contribution in [0.25, 0.3) is 11.4 Å². The van der Waals surface area contributed by atoms with Gasteiger partial charge in [0.25, 0.3) is 0 Å². The van der Waals surface area contributed by atoms with Crippen molar-refractivity contribution in [3.05, 3.63) is 39.1 Å². The Labute approximate surface area is 126 Å². The Morgan fingerprint density at radius 3 is 2.05 bits per heavy atom. The summed E-state index contributed by atoms with van der Waals surface area (Å²) in [5.74, 6) is -0.0492. The van der Waals surface area contributed by atoms with Crippen molar-refractivity contribution in [3.8, 4) is 23.5 Å². The topological polar surface area (TPSA) is 76.3 Å². The molecular formula is C12H3Cl2F3N4. The van der Waals surface area contributed by atoms with Crippen molar-refractivity contribution in [3.63, 3.8) is 0 Å². The number of rotatable bonds is 1. The van der Waals surface area contributed by atoms with Crippen LogP contribution < -0.4 is 0 Å². The molecule has 0 aliphatic rings. The fourth-order valence-corrected chi connectivity index (χ4v) is 2.28. The van der Waals surface area contributed by atoms with Crippen molar-refractivity contribution in [1.82, 2.24) is 9.97 Å². The summed E-state index contributed by atoms with van der Waals surface area (Å²) in [6, 6.07) is 4.78. The molecule has 0 saturated carbocycles. The van der Waals surface area contributed by atoms with E-state index in [0.717, 1.165) is 0 Å². The number of aromatic nitrogens is 2.